The Labute approximate surface area is 314 Å². The van der Waals surface area contributed by atoms with Crippen LogP contribution in [0.3, 0.4) is 0 Å². The number of benzene rings is 5. The van der Waals surface area contributed by atoms with E-state index in [1.165, 1.54) is 48.4 Å². The van der Waals surface area contributed by atoms with E-state index in [-0.39, 0.29) is 17.4 Å². The maximum Gasteiger partial charge on any atom is 0.272 e. The second-order valence-corrected chi connectivity index (χ2v) is 13.5. The molecule has 5 aromatic carbocycles. The van der Waals surface area contributed by atoms with Gasteiger partial charge in [-0.25, -0.2) is 4.98 Å². The second-order valence-electron chi connectivity index (χ2n) is 11.4. The van der Waals surface area contributed by atoms with Crippen LogP contribution in [0.5, 0.6) is 17.2 Å². The number of carbonyl (C=O) groups is 3. The van der Waals surface area contributed by atoms with Gasteiger partial charge in [-0.1, -0.05) is 66.7 Å². The number of carbonyl (C=O) groups excluding carboxylic acids is 3. The molecule has 6 aromatic rings. The van der Waals surface area contributed by atoms with Crippen LogP contribution in [0.25, 0.3) is 17.3 Å². The zero-order chi connectivity index (χ0) is 37.2. The fraction of sp³-hybridized carbons (Fsp3) is 0.0732. The van der Waals surface area contributed by atoms with Gasteiger partial charge in [-0.3, -0.25) is 14.4 Å². The monoisotopic (exact) mass is 742 g/mol. The number of hydrogen-bond acceptors (Lipinski definition) is 9. The molecule has 0 radical (unpaired) electrons. The van der Waals surface area contributed by atoms with Crippen molar-refractivity contribution in [2.75, 3.05) is 24.9 Å². The van der Waals surface area contributed by atoms with Crippen LogP contribution in [0.4, 0.5) is 10.8 Å². The topological polar surface area (TPSA) is 139 Å². The minimum Gasteiger partial charge on any atom is -0.508 e. The van der Waals surface area contributed by atoms with Crippen molar-refractivity contribution in [2.45, 2.75) is 10.1 Å². The first-order chi connectivity index (χ1) is 25.8. The predicted octanol–water partition coefficient (Wildman–Crippen LogP) is 8.41. The van der Waals surface area contributed by atoms with Crippen LogP contribution < -0.4 is 25.4 Å². The van der Waals surface area contributed by atoms with E-state index >= 15 is 0 Å². The molecule has 266 valence electrons. The summed E-state index contributed by atoms with van der Waals surface area (Å²) in [6, 6.07) is 37.0. The number of hydrogen-bond donors (Lipinski definition) is 4. The molecule has 10 nitrogen and oxygen atoms in total. The zero-order valence-electron chi connectivity index (χ0n) is 28.6. The van der Waals surface area contributed by atoms with E-state index < -0.39 is 17.1 Å². The maximum atomic E-state index is 13.9. The first kappa shape index (κ1) is 36.4. The van der Waals surface area contributed by atoms with Gasteiger partial charge >= 0.3 is 0 Å². The number of rotatable bonds is 13. The van der Waals surface area contributed by atoms with Crippen LogP contribution in [0.1, 0.15) is 26.7 Å². The molecule has 53 heavy (non-hydrogen) atoms. The van der Waals surface area contributed by atoms with E-state index in [2.05, 4.69) is 20.9 Å². The van der Waals surface area contributed by atoms with Crippen molar-refractivity contribution in [2.24, 2.45) is 0 Å². The molecule has 12 heteroatoms. The van der Waals surface area contributed by atoms with Crippen molar-refractivity contribution < 1.29 is 29.0 Å². The van der Waals surface area contributed by atoms with Crippen LogP contribution in [0, 0.1) is 0 Å². The van der Waals surface area contributed by atoms with E-state index in [1.807, 2.05) is 66.0 Å². The Morgan fingerprint density at radius 3 is 2.26 bits per heavy atom. The Balaban J connectivity index is 1.23. The smallest absolute Gasteiger partial charge is 0.272 e. The molecule has 0 aliphatic carbocycles. The normalized spacial score (nSPS) is 11.6. The summed E-state index contributed by atoms with van der Waals surface area (Å²) in [4.78, 5) is 46.2. The SMILES string of the molecule is COc1cc(O)ccc1/C=C(/NC(=O)c1ccccc1)C(=O)Nc1cccc(SC(C(=O)Nc2nc(-c3ccccc3OC)cs2)c2ccccc2)c1. The molecular formula is C41H34N4O6S2. The Hall–Kier alpha value is -6.37. The van der Waals surface area contributed by atoms with Gasteiger partial charge in [0, 0.05) is 38.7 Å². The maximum absolute atomic E-state index is 13.9. The summed E-state index contributed by atoms with van der Waals surface area (Å²) in [5.41, 5.74) is 3.49. The summed E-state index contributed by atoms with van der Waals surface area (Å²) in [6.07, 6.45) is 1.47. The quantitative estimate of drug-likeness (QED) is 0.0684. The first-order valence-corrected chi connectivity index (χ1v) is 18.0. The van der Waals surface area contributed by atoms with Gasteiger partial charge in [-0.05, 0) is 66.2 Å². The van der Waals surface area contributed by atoms with Crippen molar-refractivity contribution in [3.8, 4) is 28.5 Å². The van der Waals surface area contributed by atoms with E-state index in [9.17, 15) is 19.5 Å². The molecule has 1 unspecified atom stereocenters. The third kappa shape index (κ3) is 9.30. The molecule has 6 rings (SSSR count). The molecule has 0 bridgehead atoms. The molecule has 0 saturated heterocycles. The Kier molecular flexibility index (Phi) is 11.8. The number of methoxy groups -OCH3 is 2. The predicted molar refractivity (Wildman–Crippen MR) is 209 cm³/mol. The Bertz CT molecular complexity index is 2260. The molecule has 1 heterocycles. The lowest BCUT2D eigenvalue weighted by atomic mass is 10.1. The number of ether oxygens (including phenoxy) is 2. The number of phenols is 1. The second kappa shape index (κ2) is 17.2. The molecule has 1 atom stereocenters. The molecular weight excluding hydrogens is 709 g/mol. The van der Waals surface area contributed by atoms with Gasteiger partial charge in [0.25, 0.3) is 11.8 Å². The first-order valence-electron chi connectivity index (χ1n) is 16.3. The molecule has 3 amide bonds. The van der Waals surface area contributed by atoms with E-state index in [1.54, 1.807) is 61.7 Å². The highest BCUT2D eigenvalue weighted by molar-refractivity contribution is 8.00. The third-order valence-corrected chi connectivity index (χ3v) is 9.86. The lowest BCUT2D eigenvalue weighted by molar-refractivity contribution is -0.116. The fourth-order valence-corrected chi connectivity index (χ4v) is 7.08. The van der Waals surface area contributed by atoms with E-state index in [4.69, 9.17) is 9.47 Å². The van der Waals surface area contributed by atoms with Crippen LogP contribution >= 0.6 is 23.1 Å². The largest absolute Gasteiger partial charge is 0.508 e. The van der Waals surface area contributed by atoms with Crippen molar-refractivity contribution in [1.29, 1.82) is 0 Å². The summed E-state index contributed by atoms with van der Waals surface area (Å²) in [5.74, 6) is -0.379. The van der Waals surface area contributed by atoms with Crippen LogP contribution in [0.2, 0.25) is 0 Å². The molecule has 4 N–H and O–H groups in total. The van der Waals surface area contributed by atoms with Gasteiger partial charge in [-0.2, -0.15) is 0 Å². The lowest BCUT2D eigenvalue weighted by Crippen LogP contribution is -2.30. The summed E-state index contributed by atoms with van der Waals surface area (Å²) in [7, 11) is 3.04. The minimum atomic E-state index is -0.664. The van der Waals surface area contributed by atoms with Crippen LogP contribution in [0.15, 0.2) is 143 Å². The van der Waals surface area contributed by atoms with Gasteiger partial charge in [0.15, 0.2) is 5.13 Å². The van der Waals surface area contributed by atoms with Crippen LogP contribution in [-0.4, -0.2) is 42.0 Å². The zero-order valence-corrected chi connectivity index (χ0v) is 30.2. The van der Waals surface area contributed by atoms with Gasteiger partial charge in [-0.15, -0.1) is 23.1 Å². The number of amides is 3. The number of aromatic nitrogens is 1. The highest BCUT2D eigenvalue weighted by atomic mass is 32.2. The third-order valence-electron chi connectivity index (χ3n) is 7.85. The van der Waals surface area contributed by atoms with E-state index in [0.717, 1.165) is 11.1 Å². The summed E-state index contributed by atoms with van der Waals surface area (Å²) in [6.45, 7) is 0. The number of phenolic OH excluding ortho intramolecular Hbond substituents is 1. The number of thiazole rings is 1. The number of thioether (sulfide) groups is 1. The average Bonchev–Trinajstić information content (AvgIpc) is 3.66. The fourth-order valence-electron chi connectivity index (χ4n) is 5.28. The molecule has 0 spiro atoms. The van der Waals surface area contributed by atoms with E-state index in [0.29, 0.717) is 44.0 Å². The summed E-state index contributed by atoms with van der Waals surface area (Å²) >= 11 is 2.63. The Morgan fingerprint density at radius 2 is 1.51 bits per heavy atom. The van der Waals surface area contributed by atoms with Crippen molar-refractivity contribution in [1.82, 2.24) is 10.3 Å². The molecule has 0 saturated carbocycles. The summed E-state index contributed by atoms with van der Waals surface area (Å²) in [5, 5.41) is 20.2. The van der Waals surface area contributed by atoms with Gasteiger partial charge in [0.1, 0.15) is 28.2 Å². The highest BCUT2D eigenvalue weighted by Gasteiger charge is 2.24. The summed E-state index contributed by atoms with van der Waals surface area (Å²) < 4.78 is 10.9. The van der Waals surface area contributed by atoms with Crippen molar-refractivity contribution >= 4 is 57.7 Å². The average molecular weight is 743 g/mol. The van der Waals surface area contributed by atoms with Gasteiger partial charge in [0.05, 0.1) is 19.9 Å². The molecule has 0 aliphatic heterocycles. The number of para-hydroxylation sites is 1. The van der Waals surface area contributed by atoms with Crippen molar-refractivity contribution in [3.63, 3.8) is 0 Å². The van der Waals surface area contributed by atoms with Crippen molar-refractivity contribution in [3.05, 3.63) is 155 Å². The molecule has 0 aliphatic rings. The van der Waals surface area contributed by atoms with Gasteiger partial charge < -0.3 is 30.5 Å². The van der Waals surface area contributed by atoms with Crippen LogP contribution in [-0.2, 0) is 9.59 Å². The number of aromatic hydroxyl groups is 1. The standard InChI is InChI=1S/C41H34N4O6S2/c1-50-35-19-10-9-18-32(35)34-25-52-41(44-34)45-40(49)37(26-12-5-3-6-13-26)53-31-17-11-16-29(23-31)42-39(48)33(43-38(47)27-14-7-4-8-15-27)22-28-20-21-30(46)24-36(28)51-2/h3-25,37,46H,1-2H3,(H,42,48)(H,43,47)(H,44,45,49)/b33-22+. The number of anilines is 2. The molecule has 0 fully saturated rings. The number of nitrogens with one attached hydrogen (secondary N) is 3. The molecule has 1 aromatic heterocycles. The minimum absolute atomic E-state index is 0.0145. The number of nitrogens with zero attached hydrogens (tertiary/aromatic N) is 1. The highest BCUT2D eigenvalue weighted by Crippen LogP contribution is 2.38. The van der Waals surface area contributed by atoms with Gasteiger partial charge in [0.2, 0.25) is 5.91 Å². The lowest BCUT2D eigenvalue weighted by Gasteiger charge is -2.17. The Morgan fingerprint density at radius 1 is 0.792 bits per heavy atom.